The van der Waals surface area contributed by atoms with Crippen molar-refractivity contribution in [1.29, 1.82) is 0 Å². The third-order valence-corrected chi connectivity index (χ3v) is 6.02. The molecule has 170 valence electrons. The average molecular weight is 472 g/mol. The summed E-state index contributed by atoms with van der Waals surface area (Å²) in [7, 11) is 1.62. The van der Waals surface area contributed by atoms with Gasteiger partial charge in [-0.25, -0.2) is 4.68 Å². The van der Waals surface area contributed by atoms with Gasteiger partial charge in [-0.05, 0) is 49.4 Å². The van der Waals surface area contributed by atoms with Crippen LogP contribution in [0.2, 0.25) is 5.02 Å². The van der Waals surface area contributed by atoms with Crippen LogP contribution in [0.4, 0.5) is 11.6 Å². The minimum Gasteiger partial charge on any atom is -0.497 e. The number of para-hydroxylation sites is 1. The Labute approximate surface area is 202 Å². The van der Waals surface area contributed by atoms with Crippen molar-refractivity contribution in [3.8, 4) is 17.1 Å². The minimum absolute atomic E-state index is 0.242. The number of hydrogen-bond acceptors (Lipinski definition) is 5. The molecule has 5 rings (SSSR count). The molecule has 1 aliphatic heterocycles. The van der Waals surface area contributed by atoms with Gasteiger partial charge in [0, 0.05) is 27.5 Å². The molecule has 34 heavy (non-hydrogen) atoms. The van der Waals surface area contributed by atoms with E-state index in [0.29, 0.717) is 33.8 Å². The molecule has 0 saturated heterocycles. The van der Waals surface area contributed by atoms with E-state index in [9.17, 15) is 4.79 Å². The van der Waals surface area contributed by atoms with Crippen LogP contribution in [-0.2, 0) is 4.79 Å². The molecule has 1 aromatic heterocycles. The van der Waals surface area contributed by atoms with Crippen LogP contribution in [0.5, 0.6) is 5.75 Å². The van der Waals surface area contributed by atoms with Gasteiger partial charge in [-0.3, -0.25) is 4.79 Å². The van der Waals surface area contributed by atoms with Gasteiger partial charge in [0.2, 0.25) is 5.95 Å². The highest BCUT2D eigenvalue weighted by Crippen LogP contribution is 2.39. The van der Waals surface area contributed by atoms with Crippen molar-refractivity contribution in [3.63, 3.8) is 0 Å². The highest BCUT2D eigenvalue weighted by Gasteiger charge is 2.35. The predicted molar refractivity (Wildman–Crippen MR) is 133 cm³/mol. The van der Waals surface area contributed by atoms with Crippen LogP contribution in [0.1, 0.15) is 18.5 Å². The second kappa shape index (κ2) is 9.03. The molecule has 1 unspecified atom stereocenters. The number of carbonyl (C=O) groups is 1. The van der Waals surface area contributed by atoms with Crippen LogP contribution in [0.25, 0.3) is 11.4 Å². The maximum absolute atomic E-state index is 13.5. The molecule has 0 spiro atoms. The van der Waals surface area contributed by atoms with E-state index in [-0.39, 0.29) is 5.91 Å². The smallest absolute Gasteiger partial charge is 0.255 e. The molecule has 0 saturated carbocycles. The fourth-order valence-electron chi connectivity index (χ4n) is 4.01. The van der Waals surface area contributed by atoms with E-state index in [4.69, 9.17) is 26.4 Å². The lowest BCUT2D eigenvalue weighted by Crippen LogP contribution is -2.31. The number of aromatic nitrogens is 3. The second-order valence-electron chi connectivity index (χ2n) is 7.84. The number of carbonyl (C=O) groups excluding carboxylic acids is 1. The first-order valence-corrected chi connectivity index (χ1v) is 11.1. The Bertz CT molecular complexity index is 1380. The standard InChI is InChI=1S/C26H22ClN5O2/c1-16-22(25(33)29-18-8-4-3-5-9-18)23(20-10-6-7-11-21(20)27)32-26(28-16)30-24(31-32)17-12-14-19(34-2)15-13-17/h3-15,23H,1-2H3,(H,29,33)(H,28,30,31). The normalized spacial score (nSPS) is 14.9. The van der Waals surface area contributed by atoms with Gasteiger partial charge in [-0.2, -0.15) is 4.98 Å². The Morgan fingerprint density at radius 3 is 2.44 bits per heavy atom. The van der Waals surface area contributed by atoms with E-state index in [1.807, 2.05) is 85.8 Å². The van der Waals surface area contributed by atoms with Crippen molar-refractivity contribution in [2.45, 2.75) is 13.0 Å². The summed E-state index contributed by atoms with van der Waals surface area (Å²) in [4.78, 5) is 18.2. The van der Waals surface area contributed by atoms with Crippen LogP contribution in [0, 0.1) is 0 Å². The fraction of sp³-hybridized carbons (Fsp3) is 0.115. The number of ether oxygens (including phenoxy) is 1. The van der Waals surface area contributed by atoms with E-state index in [1.165, 1.54) is 0 Å². The molecule has 0 aliphatic carbocycles. The lowest BCUT2D eigenvalue weighted by molar-refractivity contribution is -0.113. The molecule has 7 nitrogen and oxygen atoms in total. The Balaban J connectivity index is 1.60. The second-order valence-corrected chi connectivity index (χ2v) is 8.25. The van der Waals surface area contributed by atoms with Gasteiger partial charge in [0.05, 0.1) is 12.7 Å². The number of halogens is 1. The van der Waals surface area contributed by atoms with Crippen LogP contribution in [-0.4, -0.2) is 27.8 Å². The number of hydrogen-bond donors (Lipinski definition) is 2. The van der Waals surface area contributed by atoms with Crippen molar-refractivity contribution < 1.29 is 9.53 Å². The van der Waals surface area contributed by atoms with Crippen molar-refractivity contribution in [3.05, 3.63) is 101 Å². The van der Waals surface area contributed by atoms with Crippen molar-refractivity contribution in [1.82, 2.24) is 14.8 Å². The van der Waals surface area contributed by atoms with Gasteiger partial charge in [0.15, 0.2) is 5.82 Å². The Hall–Kier alpha value is -4.10. The summed E-state index contributed by atoms with van der Waals surface area (Å²) in [6.45, 7) is 1.86. The summed E-state index contributed by atoms with van der Waals surface area (Å²) in [6.07, 6.45) is 0. The Morgan fingerprint density at radius 2 is 1.74 bits per heavy atom. The van der Waals surface area contributed by atoms with Gasteiger partial charge in [0.25, 0.3) is 5.91 Å². The number of nitrogens with zero attached hydrogens (tertiary/aromatic N) is 3. The van der Waals surface area contributed by atoms with E-state index >= 15 is 0 Å². The molecule has 1 amide bonds. The predicted octanol–water partition coefficient (Wildman–Crippen LogP) is 5.53. The van der Waals surface area contributed by atoms with Crippen LogP contribution >= 0.6 is 11.6 Å². The summed E-state index contributed by atoms with van der Waals surface area (Å²) in [6, 6.07) is 23.7. The number of benzene rings is 3. The van der Waals surface area contributed by atoms with Gasteiger partial charge >= 0.3 is 0 Å². The zero-order chi connectivity index (χ0) is 23.7. The first-order chi connectivity index (χ1) is 16.5. The average Bonchev–Trinajstić information content (AvgIpc) is 3.28. The molecule has 2 N–H and O–H groups in total. The molecule has 1 aliphatic rings. The van der Waals surface area contributed by atoms with E-state index in [2.05, 4.69) is 10.6 Å². The number of allylic oxidation sites excluding steroid dienone is 1. The fourth-order valence-corrected chi connectivity index (χ4v) is 4.25. The number of amides is 1. The van der Waals surface area contributed by atoms with Crippen LogP contribution < -0.4 is 15.4 Å². The number of nitrogens with one attached hydrogen (secondary N) is 2. The van der Waals surface area contributed by atoms with Crippen molar-refractivity contribution in [2.75, 3.05) is 17.7 Å². The monoisotopic (exact) mass is 471 g/mol. The first-order valence-electron chi connectivity index (χ1n) is 10.7. The largest absolute Gasteiger partial charge is 0.497 e. The van der Waals surface area contributed by atoms with Gasteiger partial charge in [-0.15, -0.1) is 5.10 Å². The van der Waals surface area contributed by atoms with Gasteiger partial charge in [-0.1, -0.05) is 48.0 Å². The summed E-state index contributed by atoms with van der Waals surface area (Å²) < 4.78 is 6.97. The maximum atomic E-state index is 13.5. The molecule has 3 aromatic carbocycles. The molecule has 1 atom stereocenters. The van der Waals surface area contributed by atoms with Gasteiger partial charge in [0.1, 0.15) is 11.8 Å². The quantitative estimate of drug-likeness (QED) is 0.399. The number of rotatable bonds is 5. The minimum atomic E-state index is -0.562. The lowest BCUT2D eigenvalue weighted by atomic mass is 9.95. The van der Waals surface area contributed by atoms with Crippen molar-refractivity contribution >= 4 is 29.1 Å². The molecular formula is C26H22ClN5O2. The third-order valence-electron chi connectivity index (χ3n) is 5.68. The molecule has 0 radical (unpaired) electrons. The van der Waals surface area contributed by atoms with Crippen LogP contribution in [0.15, 0.2) is 90.1 Å². The summed E-state index contributed by atoms with van der Waals surface area (Å²) >= 11 is 6.61. The highest BCUT2D eigenvalue weighted by atomic mass is 35.5. The highest BCUT2D eigenvalue weighted by molar-refractivity contribution is 6.31. The molecule has 0 bridgehead atoms. The topological polar surface area (TPSA) is 81.1 Å². The number of fused-ring (bicyclic) bond motifs is 1. The van der Waals surface area contributed by atoms with Gasteiger partial charge < -0.3 is 15.4 Å². The summed E-state index contributed by atoms with van der Waals surface area (Å²) in [5.74, 6) is 1.56. The molecular weight excluding hydrogens is 450 g/mol. The Kier molecular flexibility index (Phi) is 5.77. The van der Waals surface area contributed by atoms with E-state index < -0.39 is 6.04 Å². The summed E-state index contributed by atoms with van der Waals surface area (Å²) in [5, 5.41) is 11.6. The zero-order valence-corrected chi connectivity index (χ0v) is 19.4. The van der Waals surface area contributed by atoms with Crippen LogP contribution in [0.3, 0.4) is 0 Å². The number of anilines is 2. The lowest BCUT2D eigenvalue weighted by Gasteiger charge is -2.29. The molecule has 8 heteroatoms. The molecule has 2 heterocycles. The maximum Gasteiger partial charge on any atom is 0.255 e. The van der Waals surface area contributed by atoms with Crippen molar-refractivity contribution in [2.24, 2.45) is 0 Å². The Morgan fingerprint density at radius 1 is 1.03 bits per heavy atom. The zero-order valence-electron chi connectivity index (χ0n) is 18.6. The molecule has 0 fully saturated rings. The molecule has 4 aromatic rings. The first kappa shape index (κ1) is 21.7. The van der Waals surface area contributed by atoms with E-state index in [0.717, 1.165) is 16.9 Å². The number of methoxy groups -OCH3 is 1. The SMILES string of the molecule is COc1ccc(-c2nc3n(n2)C(c2ccccc2Cl)C(C(=O)Nc2ccccc2)=C(C)N3)cc1. The van der Waals surface area contributed by atoms with E-state index in [1.54, 1.807) is 11.8 Å². The summed E-state index contributed by atoms with van der Waals surface area (Å²) in [5.41, 5.74) is 3.48. The third kappa shape index (κ3) is 4.02.